The Bertz CT molecular complexity index is 608. The normalized spacial score (nSPS) is 28.1. The van der Waals surface area contributed by atoms with Crippen molar-refractivity contribution in [2.24, 2.45) is 5.92 Å². The molecule has 1 fully saturated rings. The number of benzene rings is 2. The molecule has 1 saturated heterocycles. The van der Waals surface area contributed by atoms with Crippen LogP contribution in [0.2, 0.25) is 0 Å². The first kappa shape index (κ1) is 12.0. The molecule has 1 N–H and O–H groups in total. The van der Waals surface area contributed by atoms with E-state index in [1.54, 1.807) is 0 Å². The summed E-state index contributed by atoms with van der Waals surface area (Å²) in [5.74, 6) is 0.664. The van der Waals surface area contributed by atoms with Crippen molar-refractivity contribution in [2.75, 3.05) is 18.5 Å². The molecule has 102 valence electrons. The Morgan fingerprint density at radius 1 is 1.00 bits per heavy atom. The van der Waals surface area contributed by atoms with E-state index in [1.807, 2.05) is 0 Å². The summed E-state index contributed by atoms with van der Waals surface area (Å²) in [6.45, 7) is 1.13. The van der Waals surface area contributed by atoms with Gasteiger partial charge in [0.15, 0.2) is 0 Å². The zero-order valence-corrected chi connectivity index (χ0v) is 11.8. The standard InChI is InChI=1S/C18H20N2/c1-20-16-10-6-5-9-14(16)17-15(11-12-19-17)18(20)13-7-3-2-4-8-13/h2-10,15,17-19H,11-12H2,1H3/t15-,17+,18+/m1/s1. The molecule has 4 rings (SSSR count). The van der Waals surface area contributed by atoms with Crippen LogP contribution in [-0.2, 0) is 0 Å². The molecule has 0 saturated carbocycles. The maximum Gasteiger partial charge on any atom is 0.0586 e. The van der Waals surface area contributed by atoms with E-state index in [4.69, 9.17) is 0 Å². The van der Waals surface area contributed by atoms with Gasteiger partial charge in [-0.1, -0.05) is 48.5 Å². The molecule has 0 unspecified atom stereocenters. The van der Waals surface area contributed by atoms with Crippen LogP contribution >= 0.6 is 0 Å². The Balaban J connectivity index is 1.85. The first-order valence-electron chi connectivity index (χ1n) is 7.46. The van der Waals surface area contributed by atoms with E-state index in [0.717, 1.165) is 6.54 Å². The molecule has 2 nitrogen and oxygen atoms in total. The lowest BCUT2D eigenvalue weighted by atomic mass is 9.79. The summed E-state index contributed by atoms with van der Waals surface area (Å²) in [5.41, 5.74) is 4.27. The van der Waals surface area contributed by atoms with Crippen molar-refractivity contribution in [3.05, 3.63) is 65.7 Å². The molecule has 20 heavy (non-hydrogen) atoms. The van der Waals surface area contributed by atoms with Gasteiger partial charge in [-0.05, 0) is 30.2 Å². The van der Waals surface area contributed by atoms with Crippen LogP contribution in [0.15, 0.2) is 54.6 Å². The molecule has 0 spiro atoms. The van der Waals surface area contributed by atoms with Crippen molar-refractivity contribution in [1.82, 2.24) is 5.32 Å². The molecule has 2 aromatic carbocycles. The fourth-order valence-corrected chi connectivity index (χ4v) is 4.03. The zero-order valence-electron chi connectivity index (χ0n) is 11.8. The summed E-state index contributed by atoms with van der Waals surface area (Å²) in [7, 11) is 2.24. The van der Waals surface area contributed by atoms with E-state index in [1.165, 1.54) is 23.2 Å². The van der Waals surface area contributed by atoms with E-state index in [0.29, 0.717) is 18.0 Å². The monoisotopic (exact) mass is 264 g/mol. The van der Waals surface area contributed by atoms with E-state index in [9.17, 15) is 0 Å². The minimum absolute atomic E-state index is 0.478. The van der Waals surface area contributed by atoms with Gasteiger partial charge >= 0.3 is 0 Å². The Morgan fingerprint density at radius 3 is 2.60 bits per heavy atom. The molecule has 0 amide bonds. The van der Waals surface area contributed by atoms with Gasteiger partial charge < -0.3 is 10.2 Å². The van der Waals surface area contributed by atoms with Gasteiger partial charge in [0.2, 0.25) is 0 Å². The van der Waals surface area contributed by atoms with Crippen LogP contribution < -0.4 is 10.2 Å². The van der Waals surface area contributed by atoms with Crippen molar-refractivity contribution in [1.29, 1.82) is 0 Å². The van der Waals surface area contributed by atoms with E-state index < -0.39 is 0 Å². The lowest BCUT2D eigenvalue weighted by Gasteiger charge is -2.43. The summed E-state index contributed by atoms with van der Waals surface area (Å²) >= 11 is 0. The van der Waals surface area contributed by atoms with Gasteiger partial charge in [0.1, 0.15) is 0 Å². The molecule has 2 aliphatic heterocycles. The van der Waals surface area contributed by atoms with Gasteiger partial charge in [-0.2, -0.15) is 0 Å². The van der Waals surface area contributed by atoms with E-state index in [2.05, 4.69) is 71.9 Å². The quantitative estimate of drug-likeness (QED) is 0.847. The second kappa shape index (κ2) is 4.64. The first-order valence-corrected chi connectivity index (χ1v) is 7.46. The number of para-hydroxylation sites is 1. The molecule has 2 aliphatic rings. The Labute approximate surface area is 120 Å². The second-order valence-electron chi connectivity index (χ2n) is 5.91. The minimum Gasteiger partial charge on any atom is -0.367 e. The van der Waals surface area contributed by atoms with Crippen molar-refractivity contribution in [2.45, 2.75) is 18.5 Å². The van der Waals surface area contributed by atoms with Crippen LogP contribution in [0.25, 0.3) is 0 Å². The predicted molar refractivity (Wildman–Crippen MR) is 82.9 cm³/mol. The molecule has 0 aliphatic carbocycles. The summed E-state index contributed by atoms with van der Waals surface area (Å²) in [6.07, 6.45) is 1.25. The highest BCUT2D eigenvalue weighted by Crippen LogP contribution is 2.49. The summed E-state index contributed by atoms with van der Waals surface area (Å²) in [5, 5.41) is 3.71. The van der Waals surface area contributed by atoms with Crippen LogP contribution in [0.3, 0.4) is 0 Å². The summed E-state index contributed by atoms with van der Waals surface area (Å²) in [6, 6.07) is 20.8. The zero-order chi connectivity index (χ0) is 13.5. The van der Waals surface area contributed by atoms with E-state index in [-0.39, 0.29) is 0 Å². The number of anilines is 1. The van der Waals surface area contributed by atoms with Crippen LogP contribution in [-0.4, -0.2) is 13.6 Å². The summed E-state index contributed by atoms with van der Waals surface area (Å²) < 4.78 is 0. The van der Waals surface area contributed by atoms with Gasteiger partial charge in [-0.15, -0.1) is 0 Å². The number of nitrogens with zero attached hydrogens (tertiary/aromatic N) is 1. The first-order chi connectivity index (χ1) is 9.86. The van der Waals surface area contributed by atoms with Gasteiger partial charge in [0, 0.05) is 24.7 Å². The van der Waals surface area contributed by atoms with E-state index >= 15 is 0 Å². The van der Waals surface area contributed by atoms with Gasteiger partial charge in [0.25, 0.3) is 0 Å². The fourth-order valence-electron chi connectivity index (χ4n) is 4.03. The third kappa shape index (κ3) is 1.68. The summed E-state index contributed by atoms with van der Waals surface area (Å²) in [4.78, 5) is 2.47. The van der Waals surface area contributed by atoms with Crippen LogP contribution in [0.4, 0.5) is 5.69 Å². The molecular weight excluding hydrogens is 244 g/mol. The predicted octanol–water partition coefficient (Wildman–Crippen LogP) is 3.53. The average molecular weight is 264 g/mol. The number of hydrogen-bond acceptors (Lipinski definition) is 2. The topological polar surface area (TPSA) is 15.3 Å². The van der Waals surface area contributed by atoms with Crippen molar-refractivity contribution in [3.8, 4) is 0 Å². The highest BCUT2D eigenvalue weighted by Gasteiger charge is 2.42. The maximum atomic E-state index is 3.71. The highest BCUT2D eigenvalue weighted by atomic mass is 15.2. The number of rotatable bonds is 1. The molecule has 2 heteroatoms. The van der Waals surface area contributed by atoms with Crippen molar-refractivity contribution < 1.29 is 0 Å². The molecule has 2 heterocycles. The van der Waals surface area contributed by atoms with Gasteiger partial charge in [-0.3, -0.25) is 0 Å². The lowest BCUT2D eigenvalue weighted by Crippen LogP contribution is -2.38. The Hall–Kier alpha value is -1.80. The lowest BCUT2D eigenvalue weighted by molar-refractivity contribution is 0.356. The molecule has 0 bridgehead atoms. The molecule has 2 aromatic rings. The largest absolute Gasteiger partial charge is 0.367 e. The second-order valence-corrected chi connectivity index (χ2v) is 5.91. The molecular formula is C18H20N2. The molecule has 3 atom stereocenters. The highest BCUT2D eigenvalue weighted by molar-refractivity contribution is 5.59. The van der Waals surface area contributed by atoms with Crippen LogP contribution in [0, 0.1) is 5.92 Å². The average Bonchev–Trinajstić information content (AvgIpc) is 2.98. The molecule has 0 radical (unpaired) electrons. The Kier molecular flexibility index (Phi) is 2.78. The fraction of sp³-hybridized carbons (Fsp3) is 0.333. The Morgan fingerprint density at radius 2 is 1.75 bits per heavy atom. The van der Waals surface area contributed by atoms with Crippen LogP contribution in [0.5, 0.6) is 0 Å². The van der Waals surface area contributed by atoms with Crippen molar-refractivity contribution >= 4 is 5.69 Å². The number of hydrogen-bond donors (Lipinski definition) is 1. The molecule has 0 aromatic heterocycles. The maximum absolute atomic E-state index is 3.71. The third-order valence-electron chi connectivity index (χ3n) is 4.89. The number of fused-ring (bicyclic) bond motifs is 3. The smallest absolute Gasteiger partial charge is 0.0586 e. The minimum atomic E-state index is 0.478. The van der Waals surface area contributed by atoms with Crippen molar-refractivity contribution in [3.63, 3.8) is 0 Å². The SMILES string of the molecule is CN1c2ccccc2[C@@H]2NCC[C@H]2[C@@H]1c1ccccc1. The van der Waals surface area contributed by atoms with Gasteiger partial charge in [-0.25, -0.2) is 0 Å². The third-order valence-corrected chi connectivity index (χ3v) is 4.89. The van der Waals surface area contributed by atoms with Crippen LogP contribution in [0.1, 0.15) is 29.6 Å². The number of nitrogens with one attached hydrogen (secondary N) is 1. The van der Waals surface area contributed by atoms with Gasteiger partial charge in [0.05, 0.1) is 6.04 Å².